The average Bonchev–Trinajstić information content (AvgIpc) is 2.43. The number of benzene rings is 1. The van der Waals surface area contributed by atoms with E-state index in [1.165, 1.54) is 18.2 Å². The second-order valence-electron chi connectivity index (χ2n) is 4.79. The first-order chi connectivity index (χ1) is 9.99. The Labute approximate surface area is 122 Å². The molecule has 1 aromatic heterocycles. The van der Waals surface area contributed by atoms with Gasteiger partial charge in [0.15, 0.2) is 0 Å². The van der Waals surface area contributed by atoms with E-state index < -0.39 is 17.7 Å². The summed E-state index contributed by atoms with van der Waals surface area (Å²) in [6.45, 7) is 1.81. The summed E-state index contributed by atoms with van der Waals surface area (Å²) in [4.78, 5) is 15.8. The van der Waals surface area contributed by atoms with Crippen LogP contribution in [0.15, 0.2) is 36.4 Å². The third kappa shape index (κ3) is 3.78. The van der Waals surface area contributed by atoms with E-state index in [1.54, 1.807) is 25.3 Å². The van der Waals surface area contributed by atoms with Gasteiger partial charge < -0.3 is 9.84 Å². The van der Waals surface area contributed by atoms with Crippen molar-refractivity contribution < 1.29 is 19.0 Å². The number of methoxy groups -OCH3 is 1. The van der Waals surface area contributed by atoms with Crippen LogP contribution in [0.3, 0.4) is 0 Å². The van der Waals surface area contributed by atoms with Crippen molar-refractivity contribution in [2.45, 2.75) is 19.3 Å². The van der Waals surface area contributed by atoms with Gasteiger partial charge in [0.2, 0.25) is 0 Å². The molecule has 5 heteroatoms. The molecule has 0 aliphatic carbocycles. The molecule has 2 rings (SSSR count). The summed E-state index contributed by atoms with van der Waals surface area (Å²) < 4.78 is 18.4. The number of carboxylic acids is 1. The Morgan fingerprint density at radius 3 is 2.76 bits per heavy atom. The molecular formula is C16H16FNO3. The van der Waals surface area contributed by atoms with E-state index in [-0.39, 0.29) is 6.42 Å². The van der Waals surface area contributed by atoms with Gasteiger partial charge in [0, 0.05) is 29.9 Å². The van der Waals surface area contributed by atoms with Crippen LogP contribution in [0.1, 0.15) is 22.9 Å². The third-order valence-electron chi connectivity index (χ3n) is 3.18. The van der Waals surface area contributed by atoms with Crippen LogP contribution in [-0.4, -0.2) is 23.2 Å². The molecule has 1 atom stereocenters. The van der Waals surface area contributed by atoms with Crippen molar-refractivity contribution in [3.05, 3.63) is 59.2 Å². The van der Waals surface area contributed by atoms with Crippen molar-refractivity contribution in [3.8, 4) is 5.75 Å². The fraction of sp³-hybridized carbons (Fsp3) is 0.250. The lowest BCUT2D eigenvalue weighted by Crippen LogP contribution is -2.15. The van der Waals surface area contributed by atoms with Crippen LogP contribution in [0.25, 0.3) is 0 Å². The highest BCUT2D eigenvalue weighted by atomic mass is 19.1. The summed E-state index contributed by atoms with van der Waals surface area (Å²) >= 11 is 0. The van der Waals surface area contributed by atoms with E-state index in [0.29, 0.717) is 17.0 Å². The van der Waals surface area contributed by atoms with Crippen LogP contribution in [0.5, 0.6) is 5.75 Å². The minimum atomic E-state index is -1.01. The number of carboxylic acid groups (broad SMARTS) is 1. The maximum absolute atomic E-state index is 13.3. The molecule has 1 aromatic carbocycles. The molecule has 0 saturated heterocycles. The van der Waals surface area contributed by atoms with Crippen molar-refractivity contribution in [2.24, 2.45) is 0 Å². The number of pyridine rings is 1. The zero-order valence-electron chi connectivity index (χ0n) is 11.8. The molecule has 4 nitrogen and oxygen atoms in total. The molecule has 0 aliphatic heterocycles. The van der Waals surface area contributed by atoms with Crippen LogP contribution in [0.4, 0.5) is 4.39 Å². The number of hydrogen-bond acceptors (Lipinski definition) is 3. The lowest BCUT2D eigenvalue weighted by atomic mass is 9.94. The zero-order chi connectivity index (χ0) is 15.4. The highest BCUT2D eigenvalue weighted by molar-refractivity contribution is 5.76. The number of rotatable bonds is 5. The van der Waals surface area contributed by atoms with Crippen LogP contribution in [0.2, 0.25) is 0 Å². The number of nitrogens with zero attached hydrogens (tertiary/aromatic N) is 1. The Morgan fingerprint density at radius 2 is 2.14 bits per heavy atom. The molecule has 1 unspecified atom stereocenters. The standard InChI is InChI=1S/C16H16FNO3/c1-10-6-14(21-2)8-13(18-10)9-15(16(19)20)11-4-3-5-12(17)7-11/h3-8,15H,9H2,1-2H3,(H,19,20). The largest absolute Gasteiger partial charge is 0.497 e. The van der Waals surface area contributed by atoms with Gasteiger partial charge in [0.05, 0.1) is 13.0 Å². The van der Waals surface area contributed by atoms with E-state index in [9.17, 15) is 14.3 Å². The van der Waals surface area contributed by atoms with Crippen molar-refractivity contribution in [1.29, 1.82) is 0 Å². The molecule has 110 valence electrons. The first-order valence-corrected chi connectivity index (χ1v) is 6.49. The average molecular weight is 289 g/mol. The van der Waals surface area contributed by atoms with Gasteiger partial charge in [0.25, 0.3) is 0 Å². The van der Waals surface area contributed by atoms with Crippen molar-refractivity contribution in [2.75, 3.05) is 7.11 Å². The molecular weight excluding hydrogens is 273 g/mol. The van der Waals surface area contributed by atoms with Crippen molar-refractivity contribution in [3.63, 3.8) is 0 Å². The lowest BCUT2D eigenvalue weighted by Gasteiger charge is -2.13. The van der Waals surface area contributed by atoms with Gasteiger partial charge in [0.1, 0.15) is 11.6 Å². The van der Waals surface area contributed by atoms with E-state index >= 15 is 0 Å². The molecule has 0 spiro atoms. The van der Waals surface area contributed by atoms with Crippen LogP contribution < -0.4 is 4.74 Å². The number of aliphatic carboxylic acids is 1. The molecule has 0 saturated carbocycles. The number of hydrogen-bond donors (Lipinski definition) is 1. The maximum Gasteiger partial charge on any atom is 0.311 e. The predicted molar refractivity (Wildman–Crippen MR) is 76.0 cm³/mol. The first kappa shape index (κ1) is 15.0. The summed E-state index contributed by atoms with van der Waals surface area (Å²) in [7, 11) is 1.54. The molecule has 0 amide bonds. The van der Waals surface area contributed by atoms with Crippen LogP contribution in [0, 0.1) is 12.7 Å². The Kier molecular flexibility index (Phi) is 4.52. The van der Waals surface area contributed by atoms with Gasteiger partial charge in [-0.25, -0.2) is 4.39 Å². The van der Waals surface area contributed by atoms with Gasteiger partial charge in [-0.1, -0.05) is 12.1 Å². The SMILES string of the molecule is COc1cc(C)nc(CC(C(=O)O)c2cccc(F)c2)c1. The molecule has 1 heterocycles. The number of aromatic nitrogens is 1. The summed E-state index contributed by atoms with van der Waals surface area (Å²) in [5.41, 5.74) is 1.76. The molecule has 0 aliphatic rings. The summed E-state index contributed by atoms with van der Waals surface area (Å²) in [5.74, 6) is -1.68. The van der Waals surface area contributed by atoms with Gasteiger partial charge in [-0.2, -0.15) is 0 Å². The second kappa shape index (κ2) is 6.35. The van der Waals surface area contributed by atoms with Gasteiger partial charge in [-0.15, -0.1) is 0 Å². The van der Waals surface area contributed by atoms with E-state index in [2.05, 4.69) is 4.98 Å². The van der Waals surface area contributed by atoms with E-state index in [1.807, 2.05) is 6.92 Å². The van der Waals surface area contributed by atoms with Gasteiger partial charge in [-0.3, -0.25) is 9.78 Å². The minimum absolute atomic E-state index is 0.177. The Balaban J connectivity index is 2.33. The van der Waals surface area contributed by atoms with E-state index in [4.69, 9.17) is 4.74 Å². The van der Waals surface area contributed by atoms with Crippen molar-refractivity contribution in [1.82, 2.24) is 4.98 Å². The Bertz CT molecular complexity index is 658. The quantitative estimate of drug-likeness (QED) is 0.919. The van der Waals surface area contributed by atoms with E-state index in [0.717, 1.165) is 5.69 Å². The fourth-order valence-corrected chi connectivity index (χ4v) is 2.21. The Morgan fingerprint density at radius 1 is 1.38 bits per heavy atom. The number of halogens is 1. The van der Waals surface area contributed by atoms with Gasteiger partial charge in [-0.05, 0) is 24.6 Å². The van der Waals surface area contributed by atoms with Crippen molar-refractivity contribution >= 4 is 5.97 Å². The molecule has 0 fully saturated rings. The molecule has 2 aromatic rings. The fourth-order valence-electron chi connectivity index (χ4n) is 2.21. The monoisotopic (exact) mass is 289 g/mol. The summed E-state index contributed by atoms with van der Waals surface area (Å²) in [5, 5.41) is 9.39. The topological polar surface area (TPSA) is 59.4 Å². The maximum atomic E-state index is 13.3. The third-order valence-corrected chi connectivity index (χ3v) is 3.18. The molecule has 0 radical (unpaired) electrons. The molecule has 21 heavy (non-hydrogen) atoms. The first-order valence-electron chi connectivity index (χ1n) is 6.49. The summed E-state index contributed by atoms with van der Waals surface area (Å²) in [6, 6.07) is 9.10. The zero-order valence-corrected chi connectivity index (χ0v) is 11.8. The molecule has 1 N–H and O–H groups in total. The van der Waals surface area contributed by atoms with Crippen LogP contribution in [-0.2, 0) is 11.2 Å². The smallest absolute Gasteiger partial charge is 0.311 e. The number of aryl methyl sites for hydroxylation is 1. The lowest BCUT2D eigenvalue weighted by molar-refractivity contribution is -0.138. The van der Waals surface area contributed by atoms with Gasteiger partial charge >= 0.3 is 5.97 Å². The Hall–Kier alpha value is -2.43. The summed E-state index contributed by atoms with van der Waals surface area (Å²) in [6.07, 6.45) is 0.177. The normalized spacial score (nSPS) is 12.0. The minimum Gasteiger partial charge on any atom is -0.497 e. The second-order valence-corrected chi connectivity index (χ2v) is 4.79. The predicted octanol–water partition coefficient (Wildman–Crippen LogP) is 2.95. The number of carbonyl (C=O) groups is 1. The molecule has 0 bridgehead atoms. The van der Waals surface area contributed by atoms with Crippen LogP contribution >= 0.6 is 0 Å². The highest BCUT2D eigenvalue weighted by Gasteiger charge is 2.22. The highest BCUT2D eigenvalue weighted by Crippen LogP contribution is 2.23. The number of ether oxygens (including phenoxy) is 1.